The van der Waals surface area contributed by atoms with Crippen molar-refractivity contribution in [3.63, 3.8) is 0 Å². The molecule has 0 unspecified atom stereocenters. The fourth-order valence-electron chi connectivity index (χ4n) is 7.26. The second kappa shape index (κ2) is 8.93. The lowest BCUT2D eigenvalue weighted by Crippen LogP contribution is -2.60. The van der Waals surface area contributed by atoms with Crippen molar-refractivity contribution in [3.8, 4) is 16.9 Å². The molecule has 0 radical (unpaired) electrons. The molecule has 1 N–H and O–H groups in total. The number of amides is 1. The van der Waals surface area contributed by atoms with Gasteiger partial charge in [-0.25, -0.2) is 4.68 Å². The maximum Gasteiger partial charge on any atom is 0.272 e. The predicted molar refractivity (Wildman–Crippen MR) is 144 cm³/mol. The van der Waals surface area contributed by atoms with Crippen molar-refractivity contribution in [2.45, 2.75) is 57.4 Å². The van der Waals surface area contributed by atoms with Crippen LogP contribution in [0.15, 0.2) is 46.9 Å². The Balaban J connectivity index is 1.44. The summed E-state index contributed by atoms with van der Waals surface area (Å²) in [5.41, 5.74) is 3.93. The minimum Gasteiger partial charge on any atom is -0.345 e. The van der Waals surface area contributed by atoms with E-state index in [1.54, 1.807) is 12.1 Å². The van der Waals surface area contributed by atoms with Gasteiger partial charge in [-0.1, -0.05) is 58.2 Å². The maximum absolute atomic E-state index is 13.9. The highest BCUT2D eigenvalue weighted by molar-refractivity contribution is 9.10. The number of nitrogens with one attached hydrogen (secondary N) is 1. The van der Waals surface area contributed by atoms with Crippen LogP contribution in [0.5, 0.6) is 0 Å². The van der Waals surface area contributed by atoms with Gasteiger partial charge in [0.25, 0.3) is 5.91 Å². The van der Waals surface area contributed by atoms with Crippen LogP contribution in [-0.2, 0) is 6.42 Å². The van der Waals surface area contributed by atoms with Crippen LogP contribution in [0.25, 0.3) is 16.9 Å². The monoisotopic (exact) mass is 571 g/mol. The molecule has 2 aromatic carbocycles. The van der Waals surface area contributed by atoms with Crippen LogP contribution < -0.4 is 5.32 Å². The van der Waals surface area contributed by atoms with E-state index in [1.807, 2.05) is 35.0 Å². The first-order valence-corrected chi connectivity index (χ1v) is 14.0. The Labute approximate surface area is 224 Å². The Morgan fingerprint density at radius 2 is 1.69 bits per heavy atom. The van der Waals surface area contributed by atoms with Crippen molar-refractivity contribution < 1.29 is 4.79 Å². The van der Waals surface area contributed by atoms with E-state index in [4.69, 9.17) is 28.3 Å². The Morgan fingerprint density at radius 3 is 2.26 bits per heavy atom. The van der Waals surface area contributed by atoms with Gasteiger partial charge in [0.05, 0.1) is 16.4 Å². The molecule has 0 saturated heterocycles. The zero-order chi connectivity index (χ0) is 24.3. The van der Waals surface area contributed by atoms with Gasteiger partial charge in [0, 0.05) is 26.2 Å². The van der Waals surface area contributed by atoms with Gasteiger partial charge in [-0.05, 0) is 93.0 Å². The molecule has 0 spiro atoms. The molecule has 4 saturated carbocycles. The van der Waals surface area contributed by atoms with E-state index in [0.717, 1.165) is 58.3 Å². The van der Waals surface area contributed by atoms with Crippen LogP contribution in [0, 0.1) is 17.8 Å². The SMILES string of the molecule is CCc1c(C(=O)NC23CC4CC(CC(C4)C2)C3)nn(-c2ccc(Cl)cc2Cl)c1-c1ccc(Br)cc1. The van der Waals surface area contributed by atoms with Crippen LogP contribution >= 0.6 is 39.1 Å². The molecule has 4 aliphatic rings. The minimum atomic E-state index is -0.0731. The quantitative estimate of drug-likeness (QED) is 0.338. The number of hydrogen-bond acceptors (Lipinski definition) is 2. The molecule has 7 rings (SSSR count). The van der Waals surface area contributed by atoms with Crippen LogP contribution in [0.3, 0.4) is 0 Å². The summed E-state index contributed by atoms with van der Waals surface area (Å²) in [6.45, 7) is 2.08. The zero-order valence-corrected chi connectivity index (χ0v) is 22.8. The summed E-state index contributed by atoms with van der Waals surface area (Å²) < 4.78 is 2.81. The average Bonchev–Trinajstić information content (AvgIpc) is 3.18. The third-order valence-electron chi connectivity index (χ3n) is 8.22. The van der Waals surface area contributed by atoms with E-state index in [-0.39, 0.29) is 11.4 Å². The van der Waals surface area contributed by atoms with E-state index < -0.39 is 0 Å². The topological polar surface area (TPSA) is 46.9 Å². The predicted octanol–water partition coefficient (Wildman–Crippen LogP) is 7.87. The molecule has 7 heteroatoms. The lowest BCUT2D eigenvalue weighted by atomic mass is 9.53. The summed E-state index contributed by atoms with van der Waals surface area (Å²) in [5, 5.41) is 9.48. The fraction of sp³-hybridized carbons (Fsp3) is 0.429. The molecule has 3 aromatic rings. The molecule has 1 amide bonds. The number of hydrogen-bond donors (Lipinski definition) is 1. The molecule has 1 aromatic heterocycles. The highest BCUT2D eigenvalue weighted by atomic mass is 79.9. The van der Waals surface area contributed by atoms with Gasteiger partial charge in [0.15, 0.2) is 5.69 Å². The van der Waals surface area contributed by atoms with Gasteiger partial charge >= 0.3 is 0 Å². The second-order valence-electron chi connectivity index (χ2n) is 10.7. The molecule has 182 valence electrons. The summed E-state index contributed by atoms with van der Waals surface area (Å²) in [6, 6.07) is 13.5. The molecule has 4 aliphatic carbocycles. The Bertz CT molecular complexity index is 1260. The Hall–Kier alpha value is -1.82. The largest absolute Gasteiger partial charge is 0.345 e. The third kappa shape index (κ3) is 4.24. The van der Waals surface area contributed by atoms with Crippen LogP contribution in [0.2, 0.25) is 10.0 Å². The highest BCUT2D eigenvalue weighted by Gasteiger charge is 2.51. The van der Waals surface area contributed by atoms with Gasteiger partial charge in [0.2, 0.25) is 0 Å². The normalized spacial score (nSPS) is 26.8. The van der Waals surface area contributed by atoms with Crippen molar-refractivity contribution in [2.24, 2.45) is 17.8 Å². The molecule has 4 nitrogen and oxygen atoms in total. The first kappa shape index (κ1) is 23.6. The summed E-state index contributed by atoms with van der Waals surface area (Å²) in [7, 11) is 0. The van der Waals surface area contributed by atoms with Crippen LogP contribution in [0.1, 0.15) is 61.5 Å². The van der Waals surface area contributed by atoms with E-state index in [2.05, 4.69) is 28.2 Å². The lowest BCUT2D eigenvalue weighted by Gasteiger charge is -2.56. The van der Waals surface area contributed by atoms with E-state index in [9.17, 15) is 4.79 Å². The number of nitrogens with zero attached hydrogens (tertiary/aromatic N) is 2. The van der Waals surface area contributed by atoms with E-state index in [1.165, 1.54) is 19.3 Å². The summed E-state index contributed by atoms with van der Waals surface area (Å²) in [6.07, 6.45) is 8.02. The number of benzene rings is 2. The van der Waals surface area contributed by atoms with E-state index in [0.29, 0.717) is 27.8 Å². The Kier molecular flexibility index (Phi) is 6.02. The fourth-order valence-corrected chi connectivity index (χ4v) is 8.02. The first-order valence-electron chi connectivity index (χ1n) is 12.5. The van der Waals surface area contributed by atoms with Crippen LogP contribution in [0.4, 0.5) is 0 Å². The summed E-state index contributed by atoms with van der Waals surface area (Å²) in [5.74, 6) is 2.22. The Morgan fingerprint density at radius 1 is 1.06 bits per heavy atom. The summed E-state index contributed by atoms with van der Waals surface area (Å²) >= 11 is 16.3. The second-order valence-corrected chi connectivity index (χ2v) is 12.5. The number of rotatable bonds is 5. The van der Waals surface area contributed by atoms with Gasteiger partial charge in [-0.2, -0.15) is 5.10 Å². The first-order chi connectivity index (χ1) is 16.8. The zero-order valence-electron chi connectivity index (χ0n) is 19.7. The maximum atomic E-state index is 13.9. The average molecular weight is 573 g/mol. The number of carbonyl (C=O) groups is 1. The molecule has 4 bridgehead atoms. The van der Waals surface area contributed by atoms with Crippen LogP contribution in [-0.4, -0.2) is 21.2 Å². The molecule has 35 heavy (non-hydrogen) atoms. The number of aromatic nitrogens is 2. The molecular formula is C28H28BrCl2N3O. The van der Waals surface area contributed by atoms with Crippen molar-refractivity contribution in [1.29, 1.82) is 0 Å². The van der Waals surface area contributed by atoms with Gasteiger partial charge < -0.3 is 5.32 Å². The minimum absolute atomic E-state index is 0.0639. The van der Waals surface area contributed by atoms with E-state index >= 15 is 0 Å². The van der Waals surface area contributed by atoms with Crippen molar-refractivity contribution in [3.05, 3.63) is 68.2 Å². The lowest BCUT2D eigenvalue weighted by molar-refractivity contribution is -0.0168. The smallest absolute Gasteiger partial charge is 0.272 e. The van der Waals surface area contributed by atoms with Gasteiger partial charge in [-0.3, -0.25) is 4.79 Å². The number of halogens is 3. The van der Waals surface area contributed by atoms with Crippen molar-refractivity contribution in [1.82, 2.24) is 15.1 Å². The van der Waals surface area contributed by atoms with Gasteiger partial charge in [0.1, 0.15) is 0 Å². The highest BCUT2D eigenvalue weighted by Crippen LogP contribution is 2.55. The molecule has 1 heterocycles. The molecular weight excluding hydrogens is 545 g/mol. The van der Waals surface area contributed by atoms with Gasteiger partial charge in [-0.15, -0.1) is 0 Å². The molecule has 0 atom stereocenters. The third-order valence-corrected chi connectivity index (χ3v) is 9.29. The molecule has 4 fully saturated rings. The standard InChI is InChI=1S/C28H28BrCl2N3O/c1-2-22-25(27(35)32-28-13-16-9-17(14-28)11-18(10-16)15-28)33-34(24-8-7-21(30)12-23(24)31)26(22)19-3-5-20(29)6-4-19/h3-8,12,16-18H,2,9-11,13-15H2,1H3,(H,32,35). The van der Waals surface area contributed by atoms with Crippen molar-refractivity contribution >= 4 is 45.0 Å². The number of carbonyl (C=O) groups excluding carboxylic acids is 1. The summed E-state index contributed by atoms with van der Waals surface area (Å²) in [4.78, 5) is 13.9. The van der Waals surface area contributed by atoms with Crippen molar-refractivity contribution in [2.75, 3.05) is 0 Å². The molecule has 0 aliphatic heterocycles.